The summed E-state index contributed by atoms with van der Waals surface area (Å²) in [6.45, 7) is 5.76. The molecule has 0 fully saturated rings. The number of aryl methyl sites for hydroxylation is 1. The quantitative estimate of drug-likeness (QED) is 0.758. The van der Waals surface area contributed by atoms with E-state index in [1.54, 1.807) is 12.1 Å². The Balaban J connectivity index is 2.32. The number of aromatic amines is 1. The number of phenols is 1. The topological polar surface area (TPSA) is 78.0 Å². The van der Waals surface area contributed by atoms with E-state index in [0.717, 1.165) is 11.1 Å². The van der Waals surface area contributed by atoms with E-state index in [1.165, 1.54) is 6.20 Å². The van der Waals surface area contributed by atoms with Crippen LogP contribution in [0.2, 0.25) is 5.02 Å². The molecule has 2 rings (SSSR count). The summed E-state index contributed by atoms with van der Waals surface area (Å²) in [6.07, 6.45) is 1.37. The summed E-state index contributed by atoms with van der Waals surface area (Å²) in [5.41, 5.74) is 2.41. The maximum atomic E-state index is 12.1. The minimum atomic E-state index is -0.365. The lowest BCUT2D eigenvalue weighted by Gasteiger charge is -2.14. The van der Waals surface area contributed by atoms with Crippen molar-refractivity contribution >= 4 is 23.2 Å². The first kappa shape index (κ1) is 14.4. The van der Waals surface area contributed by atoms with Gasteiger partial charge in [-0.15, -0.1) is 0 Å². The highest BCUT2D eigenvalue weighted by molar-refractivity contribution is 6.34. The van der Waals surface area contributed by atoms with E-state index in [2.05, 4.69) is 15.5 Å². The lowest BCUT2D eigenvalue weighted by molar-refractivity contribution is 0.102. The number of amides is 1. The lowest BCUT2D eigenvalue weighted by Crippen LogP contribution is -2.14. The Labute approximate surface area is 122 Å². The molecule has 0 aliphatic heterocycles. The zero-order valence-corrected chi connectivity index (χ0v) is 12.2. The van der Waals surface area contributed by atoms with Gasteiger partial charge in [-0.3, -0.25) is 9.89 Å². The number of hydrogen-bond acceptors (Lipinski definition) is 3. The second-order valence-electron chi connectivity index (χ2n) is 4.93. The summed E-state index contributed by atoms with van der Waals surface area (Å²) in [7, 11) is 0. The van der Waals surface area contributed by atoms with Crippen molar-refractivity contribution in [2.45, 2.75) is 26.7 Å². The Morgan fingerprint density at radius 2 is 2.15 bits per heavy atom. The molecular weight excluding hydrogens is 278 g/mol. The molecule has 0 spiro atoms. The third-order valence-corrected chi connectivity index (χ3v) is 3.35. The number of aromatic hydroxyl groups is 1. The minimum Gasteiger partial charge on any atom is -0.508 e. The van der Waals surface area contributed by atoms with Gasteiger partial charge in [0.2, 0.25) is 0 Å². The van der Waals surface area contributed by atoms with E-state index in [0.29, 0.717) is 5.69 Å². The third-order valence-electron chi connectivity index (χ3n) is 3.06. The van der Waals surface area contributed by atoms with Crippen LogP contribution in [0.1, 0.15) is 41.4 Å². The van der Waals surface area contributed by atoms with Gasteiger partial charge >= 0.3 is 0 Å². The van der Waals surface area contributed by atoms with Crippen LogP contribution in [-0.2, 0) is 0 Å². The van der Waals surface area contributed by atoms with Crippen molar-refractivity contribution in [1.82, 2.24) is 10.2 Å². The van der Waals surface area contributed by atoms with Crippen LogP contribution in [-0.4, -0.2) is 21.2 Å². The Kier molecular flexibility index (Phi) is 3.99. The predicted molar refractivity (Wildman–Crippen MR) is 78.5 cm³/mol. The van der Waals surface area contributed by atoms with Gasteiger partial charge in [-0.25, -0.2) is 0 Å². The lowest BCUT2D eigenvalue weighted by atomic mass is 9.99. The Hall–Kier alpha value is -2.01. The first-order valence-electron chi connectivity index (χ1n) is 6.24. The molecule has 3 N–H and O–H groups in total. The molecule has 0 aliphatic rings. The van der Waals surface area contributed by atoms with Gasteiger partial charge in [0.1, 0.15) is 11.4 Å². The van der Waals surface area contributed by atoms with Crippen LogP contribution in [0.4, 0.5) is 5.69 Å². The molecule has 106 valence electrons. The maximum absolute atomic E-state index is 12.1. The van der Waals surface area contributed by atoms with Gasteiger partial charge in [-0.05, 0) is 36.1 Å². The van der Waals surface area contributed by atoms with Gasteiger partial charge in [0.15, 0.2) is 0 Å². The van der Waals surface area contributed by atoms with Crippen LogP contribution in [0.15, 0.2) is 18.3 Å². The number of hydrogen-bond donors (Lipinski definition) is 3. The summed E-state index contributed by atoms with van der Waals surface area (Å²) < 4.78 is 0. The van der Waals surface area contributed by atoms with Gasteiger partial charge in [-0.1, -0.05) is 25.4 Å². The number of carbonyl (C=O) groups excluding carboxylic acids is 1. The van der Waals surface area contributed by atoms with Gasteiger partial charge in [0.25, 0.3) is 5.91 Å². The SMILES string of the molecule is Cc1cc(O)c(C(C)C)cc1NC(=O)c1[nH]ncc1Cl. The highest BCUT2D eigenvalue weighted by Crippen LogP contribution is 2.31. The molecule has 6 heteroatoms. The molecule has 0 radical (unpaired) electrons. The Morgan fingerprint density at radius 1 is 1.45 bits per heavy atom. The van der Waals surface area contributed by atoms with E-state index in [-0.39, 0.29) is 28.3 Å². The first-order chi connectivity index (χ1) is 9.40. The number of H-pyrrole nitrogens is 1. The van der Waals surface area contributed by atoms with Crippen LogP contribution in [0.3, 0.4) is 0 Å². The highest BCUT2D eigenvalue weighted by atomic mass is 35.5. The largest absolute Gasteiger partial charge is 0.508 e. The van der Waals surface area contributed by atoms with Crippen molar-refractivity contribution in [2.24, 2.45) is 0 Å². The summed E-state index contributed by atoms with van der Waals surface area (Å²) in [5.74, 6) is 0.0214. The molecule has 1 aromatic heterocycles. The van der Waals surface area contributed by atoms with Crippen molar-refractivity contribution in [3.05, 3.63) is 40.2 Å². The molecule has 1 heterocycles. The number of phenolic OH excluding ortho intramolecular Hbond substituents is 1. The van der Waals surface area contributed by atoms with Crippen LogP contribution < -0.4 is 5.32 Å². The fraction of sp³-hybridized carbons (Fsp3) is 0.286. The van der Waals surface area contributed by atoms with Gasteiger partial charge in [-0.2, -0.15) is 5.10 Å². The Morgan fingerprint density at radius 3 is 2.70 bits per heavy atom. The number of carbonyl (C=O) groups is 1. The standard InChI is InChI=1S/C14H16ClN3O2/c1-7(2)9-5-11(8(3)4-12(9)19)17-14(20)13-10(15)6-16-18-13/h4-7,19H,1-3H3,(H,16,18)(H,17,20). The molecule has 2 aromatic rings. The molecule has 1 amide bonds. The molecule has 0 bridgehead atoms. The molecule has 0 unspecified atom stereocenters. The molecule has 5 nitrogen and oxygen atoms in total. The molecule has 0 saturated heterocycles. The summed E-state index contributed by atoms with van der Waals surface area (Å²) >= 11 is 5.85. The first-order valence-corrected chi connectivity index (χ1v) is 6.61. The summed E-state index contributed by atoms with van der Waals surface area (Å²) in [5, 5.41) is 19.2. The van der Waals surface area contributed by atoms with Crippen LogP contribution >= 0.6 is 11.6 Å². The molecule has 20 heavy (non-hydrogen) atoms. The average molecular weight is 294 g/mol. The number of nitrogens with zero attached hydrogens (tertiary/aromatic N) is 1. The fourth-order valence-electron chi connectivity index (χ4n) is 1.92. The van der Waals surface area contributed by atoms with Crippen molar-refractivity contribution < 1.29 is 9.90 Å². The zero-order chi connectivity index (χ0) is 14.9. The number of halogens is 1. The molecule has 0 aliphatic carbocycles. The van der Waals surface area contributed by atoms with Crippen LogP contribution in [0, 0.1) is 6.92 Å². The van der Waals surface area contributed by atoms with Crippen molar-refractivity contribution in [1.29, 1.82) is 0 Å². The average Bonchev–Trinajstić information content (AvgIpc) is 2.78. The smallest absolute Gasteiger partial charge is 0.275 e. The van der Waals surface area contributed by atoms with E-state index in [4.69, 9.17) is 11.6 Å². The van der Waals surface area contributed by atoms with E-state index >= 15 is 0 Å². The van der Waals surface area contributed by atoms with Crippen molar-refractivity contribution in [2.75, 3.05) is 5.32 Å². The zero-order valence-electron chi connectivity index (χ0n) is 11.5. The maximum Gasteiger partial charge on any atom is 0.275 e. The van der Waals surface area contributed by atoms with Crippen molar-refractivity contribution in [3.8, 4) is 5.75 Å². The van der Waals surface area contributed by atoms with E-state index in [9.17, 15) is 9.90 Å². The molecular formula is C14H16ClN3O2. The molecule has 0 atom stereocenters. The number of rotatable bonds is 3. The second kappa shape index (κ2) is 5.54. The number of aromatic nitrogens is 2. The number of anilines is 1. The van der Waals surface area contributed by atoms with Gasteiger partial charge < -0.3 is 10.4 Å². The number of nitrogens with one attached hydrogen (secondary N) is 2. The van der Waals surface area contributed by atoms with Gasteiger partial charge in [0.05, 0.1) is 11.2 Å². The van der Waals surface area contributed by atoms with Gasteiger partial charge in [0, 0.05) is 5.69 Å². The van der Waals surface area contributed by atoms with Crippen LogP contribution in [0.5, 0.6) is 5.75 Å². The second-order valence-corrected chi connectivity index (χ2v) is 5.33. The predicted octanol–water partition coefficient (Wildman–Crippen LogP) is 3.45. The highest BCUT2D eigenvalue weighted by Gasteiger charge is 2.15. The fourth-order valence-corrected chi connectivity index (χ4v) is 2.10. The number of benzene rings is 1. The summed E-state index contributed by atoms with van der Waals surface area (Å²) in [4.78, 5) is 12.1. The normalized spacial score (nSPS) is 10.8. The van der Waals surface area contributed by atoms with E-state index < -0.39 is 0 Å². The van der Waals surface area contributed by atoms with E-state index in [1.807, 2.05) is 20.8 Å². The molecule has 0 saturated carbocycles. The minimum absolute atomic E-state index is 0.155. The monoisotopic (exact) mass is 293 g/mol. The molecule has 1 aromatic carbocycles. The summed E-state index contributed by atoms with van der Waals surface area (Å²) in [6, 6.07) is 3.41. The van der Waals surface area contributed by atoms with Crippen LogP contribution in [0.25, 0.3) is 0 Å². The third kappa shape index (κ3) is 2.77. The Bertz CT molecular complexity index is 650. The van der Waals surface area contributed by atoms with Crippen molar-refractivity contribution in [3.63, 3.8) is 0 Å².